The first-order chi connectivity index (χ1) is 6.27. The van der Waals surface area contributed by atoms with Crippen molar-refractivity contribution in [2.75, 3.05) is 18.5 Å². The van der Waals surface area contributed by atoms with Gasteiger partial charge in [0.1, 0.15) is 11.9 Å². The fraction of sp³-hybridized carbons (Fsp3) is 0.222. The van der Waals surface area contributed by atoms with Crippen molar-refractivity contribution in [3.05, 3.63) is 18.1 Å². The first-order valence-corrected chi connectivity index (χ1v) is 3.65. The van der Waals surface area contributed by atoms with Gasteiger partial charge in [0, 0.05) is 13.2 Å². The number of hydrogen-bond acceptors (Lipinski definition) is 4. The number of terminal acetylenes is 1. The van der Waals surface area contributed by atoms with Crippen LogP contribution in [0.25, 0.3) is 0 Å². The zero-order valence-electron chi connectivity index (χ0n) is 7.23. The molecule has 0 amide bonds. The number of aromatic nitrogens is 2. The summed E-state index contributed by atoms with van der Waals surface area (Å²) in [4.78, 5) is 9.48. The molecule has 0 aromatic carbocycles. The lowest BCUT2D eigenvalue weighted by Gasteiger charge is -2.13. The lowest BCUT2D eigenvalue weighted by molar-refractivity contribution is 0.976. The summed E-state index contributed by atoms with van der Waals surface area (Å²) in [6.07, 6.45) is 6.67. The topological polar surface area (TPSA) is 52.8 Å². The van der Waals surface area contributed by atoms with Gasteiger partial charge < -0.3 is 4.90 Å². The highest BCUT2D eigenvalue weighted by molar-refractivity contribution is 5.39. The molecule has 0 unspecified atom stereocenters. The van der Waals surface area contributed by atoms with Crippen molar-refractivity contribution in [3.8, 4) is 18.4 Å². The molecule has 0 bridgehead atoms. The molecule has 0 aliphatic carbocycles. The van der Waals surface area contributed by atoms with Crippen molar-refractivity contribution in [3.63, 3.8) is 0 Å². The van der Waals surface area contributed by atoms with Gasteiger partial charge in [-0.15, -0.1) is 6.42 Å². The summed E-state index contributed by atoms with van der Waals surface area (Å²) < 4.78 is 0. The molecule has 0 N–H and O–H groups in total. The summed E-state index contributed by atoms with van der Waals surface area (Å²) in [6.45, 7) is 0.460. The number of rotatable bonds is 2. The van der Waals surface area contributed by atoms with Crippen LogP contribution in [0.15, 0.2) is 12.3 Å². The van der Waals surface area contributed by atoms with E-state index in [0.717, 1.165) is 0 Å². The van der Waals surface area contributed by atoms with Crippen LogP contribution >= 0.6 is 0 Å². The molecule has 0 atom stereocenters. The summed E-state index contributed by atoms with van der Waals surface area (Å²) >= 11 is 0. The fourth-order valence-electron chi connectivity index (χ4n) is 0.834. The Morgan fingerprint density at radius 3 is 3.08 bits per heavy atom. The van der Waals surface area contributed by atoms with E-state index >= 15 is 0 Å². The van der Waals surface area contributed by atoms with E-state index < -0.39 is 0 Å². The van der Waals surface area contributed by atoms with Gasteiger partial charge >= 0.3 is 0 Å². The Labute approximate surface area is 76.8 Å². The van der Waals surface area contributed by atoms with Gasteiger partial charge in [0.05, 0.1) is 6.54 Å². The highest BCUT2D eigenvalue weighted by atomic mass is 15.2. The Hall–Kier alpha value is -2.07. The van der Waals surface area contributed by atoms with Gasteiger partial charge in [-0.1, -0.05) is 5.92 Å². The molecule has 4 nitrogen and oxygen atoms in total. The summed E-state index contributed by atoms with van der Waals surface area (Å²) in [5.74, 6) is 3.30. The van der Waals surface area contributed by atoms with Gasteiger partial charge in [0.15, 0.2) is 0 Å². The molecule has 0 fully saturated rings. The molecule has 0 radical (unpaired) electrons. The van der Waals surface area contributed by atoms with E-state index in [1.54, 1.807) is 11.0 Å². The third kappa shape index (κ3) is 2.18. The van der Waals surface area contributed by atoms with Gasteiger partial charge in [-0.05, 0) is 6.07 Å². The van der Waals surface area contributed by atoms with Gasteiger partial charge in [-0.3, -0.25) is 0 Å². The van der Waals surface area contributed by atoms with Gasteiger partial charge in [0.25, 0.3) is 0 Å². The molecule has 64 valence electrons. The molecule has 0 spiro atoms. The molecule has 1 aromatic heterocycles. The van der Waals surface area contributed by atoms with Gasteiger partial charge in [-0.2, -0.15) is 5.26 Å². The van der Waals surface area contributed by atoms with Crippen LogP contribution in [0, 0.1) is 23.7 Å². The Bertz CT molecular complexity index is 372. The lowest BCUT2D eigenvalue weighted by Crippen LogP contribution is -2.18. The molecule has 13 heavy (non-hydrogen) atoms. The average molecular weight is 172 g/mol. The van der Waals surface area contributed by atoms with Crippen molar-refractivity contribution >= 4 is 5.82 Å². The van der Waals surface area contributed by atoms with Crippen LogP contribution in [0.1, 0.15) is 5.82 Å². The molecule has 1 rings (SSSR count). The predicted molar refractivity (Wildman–Crippen MR) is 48.9 cm³/mol. The van der Waals surface area contributed by atoms with Crippen LogP contribution in [0.2, 0.25) is 0 Å². The van der Waals surface area contributed by atoms with E-state index in [0.29, 0.717) is 12.4 Å². The third-order valence-electron chi connectivity index (χ3n) is 1.46. The third-order valence-corrected chi connectivity index (χ3v) is 1.46. The van der Waals surface area contributed by atoms with E-state index in [1.165, 1.54) is 6.20 Å². The van der Waals surface area contributed by atoms with Crippen LogP contribution in [0.4, 0.5) is 5.82 Å². The monoisotopic (exact) mass is 172 g/mol. The Morgan fingerprint density at radius 1 is 1.69 bits per heavy atom. The molecule has 0 saturated heterocycles. The van der Waals surface area contributed by atoms with Crippen LogP contribution in [-0.4, -0.2) is 23.6 Å². The lowest BCUT2D eigenvalue weighted by atomic mass is 10.5. The SMILES string of the molecule is C#CCN(C)c1ccnc(C#N)n1. The molecule has 1 heterocycles. The van der Waals surface area contributed by atoms with Gasteiger partial charge in [-0.25, -0.2) is 9.97 Å². The van der Waals surface area contributed by atoms with E-state index in [2.05, 4.69) is 15.9 Å². The van der Waals surface area contributed by atoms with Crippen LogP contribution in [-0.2, 0) is 0 Å². The maximum atomic E-state index is 8.54. The quantitative estimate of drug-likeness (QED) is 0.606. The van der Waals surface area contributed by atoms with Crippen molar-refractivity contribution < 1.29 is 0 Å². The highest BCUT2D eigenvalue weighted by Crippen LogP contribution is 2.05. The zero-order chi connectivity index (χ0) is 9.68. The maximum Gasteiger partial charge on any atom is 0.234 e. The van der Waals surface area contributed by atoms with Crippen molar-refractivity contribution in [1.29, 1.82) is 5.26 Å². The van der Waals surface area contributed by atoms with Crippen molar-refractivity contribution in [1.82, 2.24) is 9.97 Å². The normalized spacial score (nSPS) is 8.54. The van der Waals surface area contributed by atoms with E-state index in [4.69, 9.17) is 11.7 Å². The van der Waals surface area contributed by atoms with E-state index in [1.807, 2.05) is 13.1 Å². The van der Waals surface area contributed by atoms with E-state index in [9.17, 15) is 0 Å². The molecule has 0 aliphatic rings. The average Bonchev–Trinajstić information content (AvgIpc) is 2.18. The summed E-state index contributed by atoms with van der Waals surface area (Å²) in [5.41, 5.74) is 0. The van der Waals surface area contributed by atoms with Gasteiger partial charge in [0.2, 0.25) is 5.82 Å². The number of hydrogen-bond donors (Lipinski definition) is 0. The van der Waals surface area contributed by atoms with Crippen LogP contribution in [0.3, 0.4) is 0 Å². The van der Waals surface area contributed by atoms with Crippen LogP contribution in [0.5, 0.6) is 0 Å². The number of nitrogens with zero attached hydrogens (tertiary/aromatic N) is 4. The summed E-state index contributed by atoms with van der Waals surface area (Å²) in [6, 6.07) is 3.57. The Morgan fingerprint density at radius 2 is 2.46 bits per heavy atom. The second-order valence-electron chi connectivity index (χ2n) is 2.41. The minimum Gasteiger partial charge on any atom is -0.348 e. The number of nitriles is 1. The van der Waals surface area contributed by atoms with Crippen molar-refractivity contribution in [2.45, 2.75) is 0 Å². The van der Waals surface area contributed by atoms with Crippen LogP contribution < -0.4 is 4.90 Å². The van der Waals surface area contributed by atoms with E-state index in [-0.39, 0.29) is 5.82 Å². The Kier molecular flexibility index (Phi) is 2.83. The predicted octanol–water partition coefficient (Wildman–Crippen LogP) is 0.418. The molecular weight excluding hydrogens is 164 g/mol. The molecule has 0 saturated carbocycles. The smallest absolute Gasteiger partial charge is 0.234 e. The van der Waals surface area contributed by atoms with Crippen molar-refractivity contribution in [2.24, 2.45) is 0 Å². The zero-order valence-corrected chi connectivity index (χ0v) is 7.23. The summed E-state index contributed by atoms with van der Waals surface area (Å²) in [7, 11) is 1.81. The number of anilines is 1. The maximum absolute atomic E-state index is 8.54. The minimum atomic E-state index is 0.154. The molecule has 4 heteroatoms. The molecule has 0 aliphatic heterocycles. The summed E-state index contributed by atoms with van der Waals surface area (Å²) in [5, 5.41) is 8.54. The minimum absolute atomic E-state index is 0.154. The second-order valence-corrected chi connectivity index (χ2v) is 2.41. The standard InChI is InChI=1S/C9H8N4/c1-3-6-13(2)9-4-5-11-8(7-10)12-9/h1,4-5H,6H2,2H3. The Balaban J connectivity index is 2.91. The second kappa shape index (κ2) is 4.08. The highest BCUT2D eigenvalue weighted by Gasteiger charge is 2.01. The first kappa shape index (κ1) is 9.02. The largest absolute Gasteiger partial charge is 0.348 e. The molecular formula is C9H8N4. The first-order valence-electron chi connectivity index (χ1n) is 3.65. The fourth-order valence-corrected chi connectivity index (χ4v) is 0.834. The molecule has 1 aromatic rings.